The molecule has 0 bridgehead atoms. The van der Waals surface area contributed by atoms with Crippen molar-refractivity contribution in [2.75, 3.05) is 0 Å². The summed E-state index contributed by atoms with van der Waals surface area (Å²) in [6, 6.07) is 0. The molecule has 8 unspecified atom stereocenters. The summed E-state index contributed by atoms with van der Waals surface area (Å²) in [4.78, 5) is 36.4. The maximum Gasteiger partial charge on any atom is 0.306 e. The van der Waals surface area contributed by atoms with Gasteiger partial charge in [0.25, 0.3) is 0 Å². The Morgan fingerprint density at radius 2 is 2.00 bits per heavy atom. The third-order valence-corrected chi connectivity index (χ3v) is 10.3. The molecule has 1 spiro atoms. The van der Waals surface area contributed by atoms with Crippen LogP contribution in [0, 0.1) is 35.0 Å². The van der Waals surface area contributed by atoms with Crippen molar-refractivity contribution in [2.45, 2.75) is 83.0 Å². The van der Waals surface area contributed by atoms with Gasteiger partial charge in [-0.25, -0.2) is 0 Å². The van der Waals surface area contributed by atoms with Gasteiger partial charge in [0.05, 0.1) is 0 Å². The van der Waals surface area contributed by atoms with Crippen LogP contribution in [-0.4, -0.2) is 27.7 Å². The summed E-state index contributed by atoms with van der Waals surface area (Å²) in [5.41, 5.74) is 1.12. The topological polar surface area (TPSA) is 60.4 Å². The van der Waals surface area contributed by atoms with E-state index in [1.54, 1.807) is 6.92 Å². The van der Waals surface area contributed by atoms with Gasteiger partial charge >= 0.3 is 5.97 Å². The van der Waals surface area contributed by atoms with Crippen LogP contribution in [0.15, 0.2) is 11.6 Å². The third kappa shape index (κ3) is 2.90. The van der Waals surface area contributed by atoms with Crippen LogP contribution in [0.3, 0.4) is 0 Å². The molecule has 0 N–H and O–H groups in total. The summed E-state index contributed by atoms with van der Waals surface area (Å²) in [6.45, 7) is 6.41. The lowest BCUT2D eigenvalue weighted by Gasteiger charge is -2.59. The molecule has 4 aliphatic carbocycles. The van der Waals surface area contributed by atoms with Crippen LogP contribution in [0.5, 0.6) is 0 Å². The molecule has 1 heterocycles. The molecule has 29 heavy (non-hydrogen) atoms. The number of ketones is 1. The van der Waals surface area contributed by atoms with E-state index in [0.717, 1.165) is 38.5 Å². The van der Waals surface area contributed by atoms with E-state index in [0.29, 0.717) is 42.4 Å². The lowest BCUT2D eigenvalue weighted by atomic mass is 9.47. The maximum atomic E-state index is 12.2. The highest BCUT2D eigenvalue weighted by atomic mass is 32.2. The highest BCUT2D eigenvalue weighted by Crippen LogP contribution is 2.67. The SMILES string of the molecule is CC(=O)SC1CC2=CC(=O)CCC2(C)C2CC(C)C3C(CCC34CCC(=O)O4)C12. The Morgan fingerprint density at radius 3 is 2.69 bits per heavy atom. The highest BCUT2D eigenvalue weighted by molar-refractivity contribution is 8.14. The van der Waals surface area contributed by atoms with Crippen LogP contribution in [0.1, 0.15) is 72.1 Å². The van der Waals surface area contributed by atoms with Crippen molar-refractivity contribution in [2.24, 2.45) is 35.0 Å². The number of fused-ring (bicyclic) bond motifs is 6. The van der Waals surface area contributed by atoms with Gasteiger partial charge in [-0.05, 0) is 73.7 Å². The number of rotatable bonds is 1. The van der Waals surface area contributed by atoms with E-state index in [9.17, 15) is 14.4 Å². The second-order valence-corrected chi connectivity index (χ2v) is 12.0. The van der Waals surface area contributed by atoms with Crippen LogP contribution in [0.4, 0.5) is 0 Å². The number of thioether (sulfide) groups is 1. The summed E-state index contributed by atoms with van der Waals surface area (Å²) < 4.78 is 6.02. The molecule has 0 radical (unpaired) electrons. The zero-order chi connectivity index (χ0) is 20.6. The Labute approximate surface area is 177 Å². The Balaban J connectivity index is 1.55. The van der Waals surface area contributed by atoms with Crippen LogP contribution in [0.2, 0.25) is 0 Å². The predicted molar refractivity (Wildman–Crippen MR) is 112 cm³/mol. The molecule has 0 aromatic rings. The Bertz CT molecular complexity index is 803. The molecule has 1 aliphatic heterocycles. The standard InChI is InChI=1S/C24H32O4S/c1-13-10-18-21(17-5-8-24(22(13)17)9-6-20(27)28-24)19(29-14(2)25)12-15-11-16(26)4-7-23(15,18)3/h11,13,17-19,21-22H,4-10,12H2,1-3H3. The number of hydrogen-bond donors (Lipinski definition) is 0. The van der Waals surface area contributed by atoms with Gasteiger partial charge in [-0.1, -0.05) is 31.2 Å². The normalized spacial score (nSPS) is 48.6. The lowest BCUT2D eigenvalue weighted by Crippen LogP contribution is -2.56. The van der Waals surface area contributed by atoms with Gasteiger partial charge in [0.2, 0.25) is 0 Å². The zero-order valence-electron chi connectivity index (χ0n) is 17.7. The summed E-state index contributed by atoms with van der Waals surface area (Å²) in [5.74, 6) is 2.65. The van der Waals surface area contributed by atoms with Crippen molar-refractivity contribution < 1.29 is 19.1 Å². The first kappa shape index (κ1) is 19.8. The molecule has 3 saturated carbocycles. The van der Waals surface area contributed by atoms with Gasteiger partial charge in [-0.3, -0.25) is 14.4 Å². The summed E-state index contributed by atoms with van der Waals surface area (Å²) >= 11 is 1.50. The monoisotopic (exact) mass is 416 g/mol. The van der Waals surface area contributed by atoms with Gasteiger partial charge < -0.3 is 4.74 Å². The van der Waals surface area contributed by atoms with E-state index in [4.69, 9.17) is 4.74 Å². The van der Waals surface area contributed by atoms with Crippen molar-refractivity contribution in [1.29, 1.82) is 0 Å². The highest BCUT2D eigenvalue weighted by Gasteiger charge is 2.64. The predicted octanol–water partition coefficient (Wildman–Crippen LogP) is 4.71. The molecule has 4 nitrogen and oxygen atoms in total. The number of allylic oxidation sites excluding steroid dienone is 1. The van der Waals surface area contributed by atoms with Gasteiger partial charge in [-0.2, -0.15) is 0 Å². The van der Waals surface area contributed by atoms with E-state index in [-0.39, 0.29) is 33.1 Å². The molecule has 5 aliphatic rings. The average Bonchev–Trinajstić information content (AvgIpc) is 3.20. The number of hydrogen-bond acceptors (Lipinski definition) is 5. The minimum absolute atomic E-state index is 0.0266. The average molecular weight is 417 g/mol. The fourth-order valence-corrected chi connectivity index (χ4v) is 9.41. The molecule has 8 atom stereocenters. The summed E-state index contributed by atoms with van der Waals surface area (Å²) in [7, 11) is 0. The molecular weight excluding hydrogens is 384 g/mol. The van der Waals surface area contributed by atoms with Crippen LogP contribution in [0.25, 0.3) is 0 Å². The van der Waals surface area contributed by atoms with Crippen molar-refractivity contribution in [3.8, 4) is 0 Å². The molecule has 0 aromatic carbocycles. The lowest BCUT2D eigenvalue weighted by molar-refractivity contribution is -0.157. The van der Waals surface area contributed by atoms with Crippen molar-refractivity contribution >= 4 is 28.6 Å². The van der Waals surface area contributed by atoms with Crippen molar-refractivity contribution in [1.82, 2.24) is 0 Å². The fraction of sp³-hybridized carbons (Fsp3) is 0.792. The Morgan fingerprint density at radius 1 is 1.21 bits per heavy atom. The first-order valence-corrected chi connectivity index (χ1v) is 12.2. The molecule has 1 saturated heterocycles. The number of carbonyl (C=O) groups excluding carboxylic acids is 3. The zero-order valence-corrected chi connectivity index (χ0v) is 18.6. The fourth-order valence-electron chi connectivity index (χ4n) is 8.17. The first-order valence-electron chi connectivity index (χ1n) is 11.4. The minimum Gasteiger partial charge on any atom is -0.459 e. The van der Waals surface area contributed by atoms with E-state index >= 15 is 0 Å². The molecular formula is C24H32O4S. The summed E-state index contributed by atoms with van der Waals surface area (Å²) in [6.07, 6.45) is 9.00. The van der Waals surface area contributed by atoms with E-state index in [1.165, 1.54) is 17.3 Å². The quantitative estimate of drug-likeness (QED) is 0.580. The van der Waals surface area contributed by atoms with E-state index < -0.39 is 0 Å². The molecule has 0 aromatic heterocycles. The number of esters is 1. The van der Waals surface area contributed by atoms with Crippen LogP contribution in [-0.2, 0) is 19.1 Å². The molecule has 4 fully saturated rings. The van der Waals surface area contributed by atoms with Crippen molar-refractivity contribution in [3.05, 3.63) is 11.6 Å². The largest absolute Gasteiger partial charge is 0.459 e. The number of ether oxygens (including phenoxy) is 1. The van der Waals surface area contributed by atoms with E-state index in [1.807, 2.05) is 6.08 Å². The van der Waals surface area contributed by atoms with Crippen LogP contribution < -0.4 is 0 Å². The Kier molecular flexibility index (Phi) is 4.58. The van der Waals surface area contributed by atoms with Gasteiger partial charge in [0, 0.05) is 30.9 Å². The second-order valence-electron chi connectivity index (χ2n) is 10.6. The molecule has 5 heteroatoms. The van der Waals surface area contributed by atoms with E-state index in [2.05, 4.69) is 13.8 Å². The van der Waals surface area contributed by atoms with Gasteiger partial charge in [0.15, 0.2) is 10.9 Å². The number of carbonyl (C=O) groups is 3. The maximum absolute atomic E-state index is 12.2. The van der Waals surface area contributed by atoms with Crippen molar-refractivity contribution in [3.63, 3.8) is 0 Å². The third-order valence-electron chi connectivity index (χ3n) is 9.18. The first-order chi connectivity index (χ1) is 13.7. The van der Waals surface area contributed by atoms with Gasteiger partial charge in [0.1, 0.15) is 5.60 Å². The molecule has 158 valence electrons. The minimum atomic E-state index is -0.253. The smallest absolute Gasteiger partial charge is 0.306 e. The second kappa shape index (κ2) is 6.70. The summed E-state index contributed by atoms with van der Waals surface area (Å²) in [5, 5.41) is 0.422. The molecule has 5 rings (SSSR count). The molecule has 0 amide bonds. The Hall–Kier alpha value is -1.10. The van der Waals surface area contributed by atoms with Gasteiger partial charge in [-0.15, -0.1) is 0 Å². The van der Waals surface area contributed by atoms with Crippen LogP contribution >= 0.6 is 11.8 Å².